The van der Waals surface area contributed by atoms with Crippen LogP contribution in [-0.2, 0) is 24.3 Å². The van der Waals surface area contributed by atoms with Crippen LogP contribution in [0.4, 0.5) is 0 Å². The molecule has 0 radical (unpaired) electrons. The number of nitrogens with zero attached hydrogens (tertiary/aromatic N) is 1. The lowest BCUT2D eigenvalue weighted by atomic mass is 10.3. The summed E-state index contributed by atoms with van der Waals surface area (Å²) in [5, 5.41) is 0. The first-order chi connectivity index (χ1) is 9.92. The normalized spacial score (nSPS) is 11.1. The summed E-state index contributed by atoms with van der Waals surface area (Å²) in [4.78, 5) is 26.2. The number of sulfonamides is 1. The van der Waals surface area contributed by atoms with Crippen LogP contribution in [0.2, 0.25) is 0 Å². The molecule has 0 aliphatic rings. The third-order valence-corrected chi connectivity index (χ3v) is 5.14. The molecule has 0 saturated carbocycles. The Kier molecular flexibility index (Phi) is 6.72. The van der Waals surface area contributed by atoms with Gasteiger partial charge < -0.3 is 9.47 Å². The van der Waals surface area contributed by atoms with Gasteiger partial charge in [-0.2, -0.15) is 0 Å². The standard InChI is InChI=1S/C11H16N2O6S2/c1-3-19-8(14)5-4-6-13-21(16,17)11-9(10(15)18-2)12-7-20-11/h7,13H,3-6H2,1-2H3. The molecule has 0 fully saturated rings. The quantitative estimate of drug-likeness (QED) is 0.545. The summed E-state index contributed by atoms with van der Waals surface area (Å²) in [6.07, 6.45) is 0.410. The van der Waals surface area contributed by atoms with Gasteiger partial charge in [-0.05, 0) is 13.3 Å². The first-order valence-corrected chi connectivity index (χ1v) is 8.45. The molecule has 0 atom stereocenters. The van der Waals surface area contributed by atoms with Crippen molar-refractivity contribution in [3.8, 4) is 0 Å². The molecule has 1 N–H and O–H groups in total. The van der Waals surface area contributed by atoms with Crippen molar-refractivity contribution >= 4 is 33.3 Å². The number of ether oxygens (including phenoxy) is 2. The summed E-state index contributed by atoms with van der Waals surface area (Å²) in [6, 6.07) is 0. The first-order valence-electron chi connectivity index (χ1n) is 6.09. The molecule has 118 valence electrons. The van der Waals surface area contributed by atoms with Crippen molar-refractivity contribution in [2.45, 2.75) is 24.0 Å². The van der Waals surface area contributed by atoms with Crippen LogP contribution in [0.5, 0.6) is 0 Å². The fraction of sp³-hybridized carbons (Fsp3) is 0.545. The molecular weight excluding hydrogens is 320 g/mol. The van der Waals surface area contributed by atoms with Crippen molar-refractivity contribution in [2.24, 2.45) is 0 Å². The second kappa shape index (κ2) is 8.05. The fourth-order valence-electron chi connectivity index (χ4n) is 1.40. The average Bonchev–Trinajstić information content (AvgIpc) is 2.93. The van der Waals surface area contributed by atoms with Crippen molar-refractivity contribution in [1.29, 1.82) is 0 Å². The number of hydrogen-bond donors (Lipinski definition) is 1. The van der Waals surface area contributed by atoms with Crippen LogP contribution in [0.3, 0.4) is 0 Å². The predicted molar refractivity (Wildman–Crippen MR) is 74.5 cm³/mol. The highest BCUT2D eigenvalue weighted by Crippen LogP contribution is 2.20. The maximum absolute atomic E-state index is 12.0. The van der Waals surface area contributed by atoms with E-state index < -0.39 is 16.0 Å². The lowest BCUT2D eigenvalue weighted by Gasteiger charge is -2.06. The van der Waals surface area contributed by atoms with Gasteiger partial charge in [0.1, 0.15) is 0 Å². The monoisotopic (exact) mass is 336 g/mol. The Morgan fingerprint density at radius 1 is 1.43 bits per heavy atom. The molecular formula is C11H16N2O6S2. The topological polar surface area (TPSA) is 112 Å². The Hall–Kier alpha value is -1.52. The van der Waals surface area contributed by atoms with Crippen LogP contribution < -0.4 is 4.72 Å². The fourth-order valence-corrected chi connectivity index (χ4v) is 3.65. The Bertz CT molecular complexity index is 596. The molecule has 1 heterocycles. The summed E-state index contributed by atoms with van der Waals surface area (Å²) in [7, 11) is -2.72. The second-order valence-electron chi connectivity index (χ2n) is 3.79. The molecule has 0 aromatic carbocycles. The summed E-state index contributed by atoms with van der Waals surface area (Å²) >= 11 is 0.819. The van der Waals surface area contributed by atoms with Crippen LogP contribution in [0.25, 0.3) is 0 Å². The SMILES string of the molecule is CCOC(=O)CCCNS(=O)(=O)c1scnc1C(=O)OC. The van der Waals surface area contributed by atoms with Gasteiger partial charge >= 0.3 is 11.9 Å². The van der Waals surface area contributed by atoms with Crippen LogP contribution in [0.1, 0.15) is 30.3 Å². The van der Waals surface area contributed by atoms with E-state index in [9.17, 15) is 18.0 Å². The molecule has 8 nitrogen and oxygen atoms in total. The van der Waals surface area contributed by atoms with Gasteiger partial charge in [-0.1, -0.05) is 0 Å². The van der Waals surface area contributed by atoms with Crippen molar-refractivity contribution < 1.29 is 27.5 Å². The molecule has 10 heteroatoms. The van der Waals surface area contributed by atoms with E-state index in [1.807, 2.05) is 0 Å². The summed E-state index contributed by atoms with van der Waals surface area (Å²) < 4.78 is 35.4. The van der Waals surface area contributed by atoms with Gasteiger partial charge in [0.15, 0.2) is 9.90 Å². The van der Waals surface area contributed by atoms with Crippen molar-refractivity contribution in [1.82, 2.24) is 9.71 Å². The molecule has 0 aliphatic heterocycles. The van der Waals surface area contributed by atoms with E-state index in [0.717, 1.165) is 18.4 Å². The molecule has 0 bridgehead atoms. The Morgan fingerprint density at radius 3 is 2.76 bits per heavy atom. The third-order valence-electron chi connectivity index (χ3n) is 2.31. The first kappa shape index (κ1) is 17.5. The number of rotatable bonds is 8. The second-order valence-corrected chi connectivity index (χ2v) is 6.60. The molecule has 0 unspecified atom stereocenters. The Morgan fingerprint density at radius 2 is 2.14 bits per heavy atom. The van der Waals surface area contributed by atoms with E-state index in [1.165, 1.54) is 5.51 Å². The number of esters is 2. The zero-order valence-electron chi connectivity index (χ0n) is 11.6. The van der Waals surface area contributed by atoms with Crippen molar-refractivity contribution in [3.63, 3.8) is 0 Å². The van der Waals surface area contributed by atoms with Gasteiger partial charge in [0.25, 0.3) is 10.0 Å². The average molecular weight is 336 g/mol. The minimum atomic E-state index is -3.86. The van der Waals surface area contributed by atoms with Gasteiger partial charge in [0.2, 0.25) is 0 Å². The Labute approximate surface area is 126 Å². The lowest BCUT2D eigenvalue weighted by molar-refractivity contribution is -0.143. The smallest absolute Gasteiger partial charge is 0.358 e. The van der Waals surface area contributed by atoms with E-state index in [-0.39, 0.29) is 35.4 Å². The number of carbonyl (C=O) groups is 2. The van der Waals surface area contributed by atoms with E-state index >= 15 is 0 Å². The zero-order chi connectivity index (χ0) is 15.9. The van der Waals surface area contributed by atoms with E-state index in [0.29, 0.717) is 6.42 Å². The summed E-state index contributed by atoms with van der Waals surface area (Å²) in [5.74, 6) is -1.20. The number of aromatic nitrogens is 1. The van der Waals surface area contributed by atoms with Crippen LogP contribution >= 0.6 is 11.3 Å². The lowest BCUT2D eigenvalue weighted by Crippen LogP contribution is -2.26. The molecule has 1 rings (SSSR count). The maximum atomic E-state index is 12.0. The zero-order valence-corrected chi connectivity index (χ0v) is 13.3. The van der Waals surface area contributed by atoms with Crippen LogP contribution in [0, 0.1) is 0 Å². The number of carbonyl (C=O) groups excluding carboxylic acids is 2. The summed E-state index contributed by atoms with van der Waals surface area (Å²) in [6.45, 7) is 2.03. The largest absolute Gasteiger partial charge is 0.466 e. The number of nitrogens with one attached hydrogen (secondary N) is 1. The highest BCUT2D eigenvalue weighted by Gasteiger charge is 2.26. The Balaban J connectivity index is 2.60. The maximum Gasteiger partial charge on any atom is 0.358 e. The molecule has 1 aromatic heterocycles. The van der Waals surface area contributed by atoms with Gasteiger partial charge in [0, 0.05) is 13.0 Å². The molecule has 1 aromatic rings. The van der Waals surface area contributed by atoms with Crippen LogP contribution in [0.15, 0.2) is 9.72 Å². The van der Waals surface area contributed by atoms with Crippen LogP contribution in [-0.4, -0.2) is 45.6 Å². The van der Waals surface area contributed by atoms with Gasteiger partial charge in [-0.3, -0.25) is 4.79 Å². The van der Waals surface area contributed by atoms with Gasteiger partial charge in [0.05, 0.1) is 19.2 Å². The van der Waals surface area contributed by atoms with Crippen molar-refractivity contribution in [3.05, 3.63) is 11.2 Å². The molecule has 0 amide bonds. The van der Waals surface area contributed by atoms with Gasteiger partial charge in [-0.25, -0.2) is 22.9 Å². The molecule has 0 saturated heterocycles. The minimum absolute atomic E-state index is 0.0552. The predicted octanol–water partition coefficient (Wildman–Crippen LogP) is 0.551. The molecule has 21 heavy (non-hydrogen) atoms. The summed E-state index contributed by atoms with van der Waals surface area (Å²) in [5.41, 5.74) is 1.000. The molecule has 0 spiro atoms. The van der Waals surface area contributed by atoms with Gasteiger partial charge in [-0.15, -0.1) is 11.3 Å². The highest BCUT2D eigenvalue weighted by molar-refractivity contribution is 7.91. The highest BCUT2D eigenvalue weighted by atomic mass is 32.2. The van der Waals surface area contributed by atoms with Crippen molar-refractivity contribution in [2.75, 3.05) is 20.3 Å². The number of hydrogen-bond acceptors (Lipinski definition) is 8. The van der Waals surface area contributed by atoms with E-state index in [2.05, 4.69) is 14.4 Å². The molecule has 0 aliphatic carbocycles. The van der Waals surface area contributed by atoms with E-state index in [1.54, 1.807) is 6.92 Å². The minimum Gasteiger partial charge on any atom is -0.466 e. The number of thiazole rings is 1. The van der Waals surface area contributed by atoms with E-state index in [4.69, 9.17) is 4.74 Å². The third kappa shape index (κ3) is 5.06. The number of methoxy groups -OCH3 is 1.